The van der Waals surface area contributed by atoms with E-state index < -0.39 is 11.6 Å². The summed E-state index contributed by atoms with van der Waals surface area (Å²) in [6.45, 7) is 3.36. The Hall–Kier alpha value is -0.930. The minimum atomic E-state index is -0.928. The summed E-state index contributed by atoms with van der Waals surface area (Å²) in [6.07, 6.45) is -0.115. The Kier molecular flexibility index (Phi) is 4.05. The van der Waals surface area contributed by atoms with Gasteiger partial charge in [-0.25, -0.2) is 0 Å². The summed E-state index contributed by atoms with van der Waals surface area (Å²) in [4.78, 5) is 10.6. The van der Waals surface area contributed by atoms with Crippen molar-refractivity contribution < 1.29 is 14.6 Å². The molecule has 0 fully saturated rings. The van der Waals surface area contributed by atoms with Crippen LogP contribution >= 0.6 is 23.2 Å². The predicted molar refractivity (Wildman–Crippen MR) is 63.4 cm³/mol. The number of aliphatic carboxylic acids is 1. The van der Waals surface area contributed by atoms with Crippen molar-refractivity contribution in [2.75, 3.05) is 0 Å². The van der Waals surface area contributed by atoms with Gasteiger partial charge in [-0.05, 0) is 26.0 Å². The number of benzene rings is 1. The molecular formula is C11H12Cl2O3. The number of rotatable bonds is 4. The molecule has 1 aromatic rings. The van der Waals surface area contributed by atoms with Gasteiger partial charge < -0.3 is 9.84 Å². The molecule has 88 valence electrons. The van der Waals surface area contributed by atoms with Gasteiger partial charge in [0.15, 0.2) is 0 Å². The fourth-order valence-electron chi connectivity index (χ4n) is 1.26. The molecule has 0 spiro atoms. The van der Waals surface area contributed by atoms with Crippen molar-refractivity contribution in [2.45, 2.75) is 25.9 Å². The molecule has 0 aliphatic heterocycles. The van der Waals surface area contributed by atoms with E-state index in [1.54, 1.807) is 32.0 Å². The molecule has 0 aliphatic carbocycles. The van der Waals surface area contributed by atoms with Gasteiger partial charge in [0, 0.05) is 0 Å². The van der Waals surface area contributed by atoms with Crippen LogP contribution in [0.1, 0.15) is 20.3 Å². The van der Waals surface area contributed by atoms with Crippen molar-refractivity contribution in [1.82, 2.24) is 0 Å². The number of carbonyl (C=O) groups is 1. The Morgan fingerprint density at radius 2 is 2.06 bits per heavy atom. The largest absolute Gasteiger partial charge is 0.486 e. The normalized spacial score (nSPS) is 11.2. The van der Waals surface area contributed by atoms with E-state index in [0.29, 0.717) is 15.8 Å². The Morgan fingerprint density at radius 1 is 1.44 bits per heavy atom. The van der Waals surface area contributed by atoms with Gasteiger partial charge in [-0.15, -0.1) is 0 Å². The maximum absolute atomic E-state index is 10.6. The zero-order valence-electron chi connectivity index (χ0n) is 8.96. The minimum absolute atomic E-state index is 0.115. The van der Waals surface area contributed by atoms with Crippen molar-refractivity contribution in [3.05, 3.63) is 28.2 Å². The van der Waals surface area contributed by atoms with Gasteiger partial charge >= 0.3 is 5.97 Å². The first-order chi connectivity index (χ1) is 7.32. The van der Waals surface area contributed by atoms with Crippen molar-refractivity contribution in [2.24, 2.45) is 0 Å². The van der Waals surface area contributed by atoms with E-state index in [1.807, 2.05) is 0 Å². The SMILES string of the molecule is CC(C)(CC(=O)O)Oc1cccc(Cl)c1Cl. The Bertz CT molecular complexity index is 402. The van der Waals surface area contributed by atoms with Crippen LogP contribution in [0.5, 0.6) is 5.75 Å². The van der Waals surface area contributed by atoms with E-state index in [2.05, 4.69) is 0 Å². The topological polar surface area (TPSA) is 46.5 Å². The van der Waals surface area contributed by atoms with Gasteiger partial charge in [-0.3, -0.25) is 4.79 Å². The number of halogens is 2. The number of hydrogen-bond donors (Lipinski definition) is 1. The lowest BCUT2D eigenvalue weighted by atomic mass is 10.1. The average Bonchev–Trinajstić information content (AvgIpc) is 2.10. The lowest BCUT2D eigenvalue weighted by molar-refractivity contribution is -0.140. The number of carboxylic acids is 1. The van der Waals surface area contributed by atoms with E-state index in [0.717, 1.165) is 0 Å². The van der Waals surface area contributed by atoms with Crippen molar-refractivity contribution in [3.8, 4) is 5.75 Å². The van der Waals surface area contributed by atoms with E-state index in [4.69, 9.17) is 33.0 Å². The van der Waals surface area contributed by atoms with Crippen LogP contribution in [-0.4, -0.2) is 16.7 Å². The second-order valence-electron chi connectivity index (χ2n) is 3.98. The van der Waals surface area contributed by atoms with Crippen LogP contribution in [0.3, 0.4) is 0 Å². The highest BCUT2D eigenvalue weighted by Crippen LogP contribution is 2.34. The van der Waals surface area contributed by atoms with Crippen LogP contribution in [0.4, 0.5) is 0 Å². The Labute approximate surface area is 104 Å². The molecule has 0 aliphatic rings. The number of carboxylic acid groups (broad SMARTS) is 1. The third-order valence-electron chi connectivity index (χ3n) is 1.88. The van der Waals surface area contributed by atoms with Crippen molar-refractivity contribution >= 4 is 29.2 Å². The first-order valence-electron chi connectivity index (χ1n) is 4.67. The van der Waals surface area contributed by atoms with Crippen LogP contribution in [-0.2, 0) is 4.79 Å². The van der Waals surface area contributed by atoms with Gasteiger partial charge in [0.05, 0.1) is 11.4 Å². The molecule has 0 radical (unpaired) electrons. The van der Waals surface area contributed by atoms with Gasteiger partial charge in [-0.1, -0.05) is 29.3 Å². The molecule has 1 aromatic carbocycles. The Balaban J connectivity index is 2.87. The third kappa shape index (κ3) is 3.58. The molecular weight excluding hydrogens is 251 g/mol. The second kappa shape index (κ2) is 4.93. The van der Waals surface area contributed by atoms with Gasteiger partial charge in [0.2, 0.25) is 0 Å². The Morgan fingerprint density at radius 3 is 2.62 bits per heavy atom. The van der Waals surface area contributed by atoms with E-state index >= 15 is 0 Å². The van der Waals surface area contributed by atoms with Crippen LogP contribution < -0.4 is 4.74 Å². The summed E-state index contributed by atoms with van der Waals surface area (Å²) in [7, 11) is 0. The second-order valence-corrected chi connectivity index (χ2v) is 4.77. The fourth-order valence-corrected chi connectivity index (χ4v) is 1.59. The van der Waals surface area contributed by atoms with E-state index in [-0.39, 0.29) is 6.42 Å². The van der Waals surface area contributed by atoms with Crippen LogP contribution in [0.2, 0.25) is 10.0 Å². The monoisotopic (exact) mass is 262 g/mol. The molecule has 0 heterocycles. The molecule has 16 heavy (non-hydrogen) atoms. The summed E-state index contributed by atoms with van der Waals surface area (Å²) >= 11 is 11.8. The van der Waals surface area contributed by atoms with Gasteiger partial charge in [-0.2, -0.15) is 0 Å². The lowest BCUT2D eigenvalue weighted by Crippen LogP contribution is -2.31. The summed E-state index contributed by atoms with van der Waals surface area (Å²) in [5.74, 6) is -0.538. The molecule has 1 N–H and O–H groups in total. The molecule has 0 atom stereocenters. The summed E-state index contributed by atoms with van der Waals surface area (Å²) < 4.78 is 5.53. The molecule has 0 saturated heterocycles. The summed E-state index contributed by atoms with van der Waals surface area (Å²) in [5.41, 5.74) is -0.833. The number of ether oxygens (including phenoxy) is 1. The molecule has 3 nitrogen and oxygen atoms in total. The standard InChI is InChI=1S/C11H12Cl2O3/c1-11(2,6-9(14)15)16-8-5-3-4-7(12)10(8)13/h3-5H,6H2,1-2H3,(H,14,15). The molecule has 0 bridgehead atoms. The van der Waals surface area contributed by atoms with E-state index in [9.17, 15) is 4.79 Å². The maximum atomic E-state index is 10.6. The first-order valence-corrected chi connectivity index (χ1v) is 5.42. The summed E-state index contributed by atoms with van der Waals surface area (Å²) in [5, 5.41) is 9.39. The van der Waals surface area contributed by atoms with Crippen LogP contribution in [0.25, 0.3) is 0 Å². The van der Waals surface area contributed by atoms with E-state index in [1.165, 1.54) is 0 Å². The predicted octanol–water partition coefficient (Wildman–Crippen LogP) is 3.63. The van der Waals surface area contributed by atoms with Crippen LogP contribution in [0.15, 0.2) is 18.2 Å². The zero-order valence-corrected chi connectivity index (χ0v) is 10.5. The quantitative estimate of drug-likeness (QED) is 0.902. The van der Waals surface area contributed by atoms with Gasteiger partial charge in [0.25, 0.3) is 0 Å². The number of hydrogen-bond acceptors (Lipinski definition) is 2. The highest BCUT2D eigenvalue weighted by molar-refractivity contribution is 6.42. The highest BCUT2D eigenvalue weighted by Gasteiger charge is 2.25. The molecule has 0 saturated carbocycles. The first kappa shape index (κ1) is 13.1. The average molecular weight is 263 g/mol. The minimum Gasteiger partial charge on any atom is -0.486 e. The smallest absolute Gasteiger partial charge is 0.307 e. The molecule has 0 amide bonds. The highest BCUT2D eigenvalue weighted by atomic mass is 35.5. The molecule has 0 aromatic heterocycles. The van der Waals surface area contributed by atoms with Crippen LogP contribution in [0, 0.1) is 0 Å². The zero-order chi connectivity index (χ0) is 12.3. The third-order valence-corrected chi connectivity index (χ3v) is 2.68. The fraction of sp³-hybridized carbons (Fsp3) is 0.364. The lowest BCUT2D eigenvalue weighted by Gasteiger charge is -2.25. The van der Waals surface area contributed by atoms with Crippen molar-refractivity contribution in [3.63, 3.8) is 0 Å². The molecule has 5 heteroatoms. The van der Waals surface area contributed by atoms with Gasteiger partial charge in [0.1, 0.15) is 16.4 Å². The van der Waals surface area contributed by atoms with Crippen molar-refractivity contribution in [1.29, 1.82) is 0 Å². The molecule has 1 rings (SSSR count). The molecule has 0 unspecified atom stereocenters. The summed E-state index contributed by atoms with van der Waals surface area (Å²) in [6, 6.07) is 4.99. The maximum Gasteiger partial charge on any atom is 0.307 e.